The maximum absolute atomic E-state index is 10.7. The lowest BCUT2D eigenvalue weighted by molar-refractivity contribution is -0.136. The highest BCUT2D eigenvalue weighted by atomic mass is 16.4. The highest BCUT2D eigenvalue weighted by Gasteiger charge is 2.06. The Bertz CT molecular complexity index is 729. The number of hydrogen-bond acceptors (Lipinski definition) is 1. The molecule has 0 aliphatic carbocycles. The summed E-state index contributed by atoms with van der Waals surface area (Å²) >= 11 is 0. The fourth-order valence-electron chi connectivity index (χ4n) is 2.26. The molecule has 0 aliphatic heterocycles. The second kappa shape index (κ2) is 4.61. The van der Waals surface area contributed by atoms with E-state index in [-0.39, 0.29) is 6.42 Å². The van der Waals surface area contributed by atoms with E-state index in [2.05, 4.69) is 23.2 Å². The average Bonchev–Trinajstić information content (AvgIpc) is 2.79. The molecule has 0 spiro atoms. The quantitative estimate of drug-likeness (QED) is 0.749. The molecule has 0 atom stereocenters. The van der Waals surface area contributed by atoms with Crippen LogP contribution in [0.5, 0.6) is 0 Å². The molecular weight excluding hydrogens is 238 g/mol. The number of carbonyl (C=O) groups is 1. The number of rotatable bonds is 3. The van der Waals surface area contributed by atoms with E-state index >= 15 is 0 Å². The fraction of sp³-hybridized carbons (Fsp3) is 0.0625. The zero-order valence-corrected chi connectivity index (χ0v) is 10.3. The van der Waals surface area contributed by atoms with Crippen molar-refractivity contribution in [1.82, 2.24) is 4.98 Å². The van der Waals surface area contributed by atoms with Crippen molar-refractivity contribution in [3.05, 3.63) is 60.3 Å². The molecule has 3 aromatic rings. The first-order valence-corrected chi connectivity index (χ1v) is 6.11. The second-order valence-electron chi connectivity index (χ2n) is 4.53. The molecule has 0 bridgehead atoms. The lowest BCUT2D eigenvalue weighted by atomic mass is 10.0. The van der Waals surface area contributed by atoms with E-state index in [1.54, 1.807) is 0 Å². The Hall–Kier alpha value is -2.55. The Kier molecular flexibility index (Phi) is 2.80. The van der Waals surface area contributed by atoms with Gasteiger partial charge in [0.15, 0.2) is 0 Å². The average molecular weight is 251 g/mol. The Morgan fingerprint density at radius 3 is 2.53 bits per heavy atom. The minimum absolute atomic E-state index is 0.0232. The van der Waals surface area contributed by atoms with Gasteiger partial charge in [0.2, 0.25) is 0 Å². The third-order valence-electron chi connectivity index (χ3n) is 3.13. The molecule has 0 saturated carbocycles. The number of aromatic amines is 1. The van der Waals surface area contributed by atoms with Crippen LogP contribution in [0.2, 0.25) is 0 Å². The first-order chi connectivity index (χ1) is 9.22. The van der Waals surface area contributed by atoms with Gasteiger partial charge in [0, 0.05) is 16.6 Å². The molecule has 3 rings (SSSR count). The summed E-state index contributed by atoms with van der Waals surface area (Å²) in [5.74, 6) is -0.824. The van der Waals surface area contributed by atoms with Crippen molar-refractivity contribution < 1.29 is 9.90 Å². The molecule has 0 aliphatic rings. The number of carboxylic acid groups (broad SMARTS) is 1. The van der Waals surface area contributed by atoms with Crippen LogP contribution < -0.4 is 0 Å². The Morgan fingerprint density at radius 1 is 1.00 bits per heavy atom. The summed E-state index contributed by atoms with van der Waals surface area (Å²) in [5.41, 5.74) is 3.99. The third-order valence-corrected chi connectivity index (χ3v) is 3.13. The Labute approximate surface area is 110 Å². The summed E-state index contributed by atoms with van der Waals surface area (Å²) in [5, 5.41) is 9.84. The smallest absolute Gasteiger partial charge is 0.309 e. The second-order valence-corrected chi connectivity index (χ2v) is 4.53. The van der Waals surface area contributed by atoms with E-state index in [4.69, 9.17) is 5.11 Å². The first-order valence-electron chi connectivity index (χ1n) is 6.11. The summed E-state index contributed by atoms with van der Waals surface area (Å²) in [6.07, 6.45) is 0.0232. The number of H-pyrrole nitrogens is 1. The molecule has 0 unspecified atom stereocenters. The van der Waals surface area contributed by atoms with Crippen molar-refractivity contribution in [2.24, 2.45) is 0 Å². The number of aromatic nitrogens is 1. The predicted octanol–water partition coefficient (Wildman–Crippen LogP) is 3.46. The molecule has 1 aromatic heterocycles. The molecule has 2 N–H and O–H groups in total. The van der Waals surface area contributed by atoms with Crippen molar-refractivity contribution in [3.8, 4) is 11.1 Å². The van der Waals surface area contributed by atoms with Crippen molar-refractivity contribution in [1.29, 1.82) is 0 Å². The number of hydrogen-bond donors (Lipinski definition) is 2. The topological polar surface area (TPSA) is 53.1 Å². The van der Waals surface area contributed by atoms with Crippen LogP contribution in [0.4, 0.5) is 0 Å². The van der Waals surface area contributed by atoms with Gasteiger partial charge in [-0.1, -0.05) is 36.4 Å². The highest BCUT2D eigenvalue weighted by molar-refractivity contribution is 5.86. The van der Waals surface area contributed by atoms with Crippen LogP contribution in [-0.2, 0) is 11.2 Å². The van der Waals surface area contributed by atoms with Gasteiger partial charge in [-0.15, -0.1) is 0 Å². The summed E-state index contributed by atoms with van der Waals surface area (Å²) in [6, 6.07) is 18.1. The molecule has 19 heavy (non-hydrogen) atoms. The molecule has 94 valence electrons. The van der Waals surface area contributed by atoms with E-state index in [0.29, 0.717) is 0 Å². The van der Waals surface area contributed by atoms with Gasteiger partial charge >= 0.3 is 5.97 Å². The van der Waals surface area contributed by atoms with Gasteiger partial charge in [-0.25, -0.2) is 0 Å². The van der Waals surface area contributed by atoms with Gasteiger partial charge in [-0.3, -0.25) is 4.79 Å². The van der Waals surface area contributed by atoms with Crippen LogP contribution in [0.3, 0.4) is 0 Å². The molecule has 0 radical (unpaired) electrons. The molecule has 0 fully saturated rings. The van der Waals surface area contributed by atoms with Crippen molar-refractivity contribution in [2.75, 3.05) is 0 Å². The van der Waals surface area contributed by atoms with Crippen molar-refractivity contribution >= 4 is 16.9 Å². The highest BCUT2D eigenvalue weighted by Crippen LogP contribution is 2.24. The standard InChI is InChI=1S/C16H13NO2/c18-16(19)10-14-9-13-8-12(6-7-15(13)17-14)11-4-2-1-3-5-11/h1-9,17H,10H2,(H,18,19). The summed E-state index contributed by atoms with van der Waals surface area (Å²) in [4.78, 5) is 13.8. The number of benzene rings is 2. The predicted molar refractivity (Wildman–Crippen MR) is 75.1 cm³/mol. The SMILES string of the molecule is O=C(O)Cc1cc2cc(-c3ccccc3)ccc2[nH]1. The number of carboxylic acids is 1. The molecular formula is C16H13NO2. The van der Waals surface area contributed by atoms with E-state index < -0.39 is 5.97 Å². The van der Waals surface area contributed by atoms with Crippen LogP contribution in [-0.4, -0.2) is 16.1 Å². The summed E-state index contributed by atoms with van der Waals surface area (Å²) in [7, 11) is 0. The fourth-order valence-corrected chi connectivity index (χ4v) is 2.26. The van der Waals surface area contributed by atoms with E-state index in [0.717, 1.165) is 27.7 Å². The third kappa shape index (κ3) is 2.36. The van der Waals surface area contributed by atoms with Gasteiger partial charge < -0.3 is 10.1 Å². The lowest BCUT2D eigenvalue weighted by Gasteiger charge is -2.00. The van der Waals surface area contributed by atoms with Crippen LogP contribution in [0.1, 0.15) is 5.69 Å². The van der Waals surface area contributed by atoms with Gasteiger partial charge in [-0.05, 0) is 29.3 Å². The van der Waals surface area contributed by atoms with Gasteiger partial charge in [0.1, 0.15) is 0 Å². The van der Waals surface area contributed by atoms with E-state index in [1.165, 1.54) is 0 Å². The monoisotopic (exact) mass is 251 g/mol. The van der Waals surface area contributed by atoms with Gasteiger partial charge in [-0.2, -0.15) is 0 Å². The van der Waals surface area contributed by atoms with Gasteiger partial charge in [0.25, 0.3) is 0 Å². The molecule has 2 aromatic carbocycles. The Balaban J connectivity index is 2.03. The van der Waals surface area contributed by atoms with Gasteiger partial charge in [0.05, 0.1) is 6.42 Å². The molecule has 0 amide bonds. The van der Waals surface area contributed by atoms with E-state index in [9.17, 15) is 4.79 Å². The van der Waals surface area contributed by atoms with E-state index in [1.807, 2.05) is 36.4 Å². The zero-order chi connectivity index (χ0) is 13.2. The van der Waals surface area contributed by atoms with Crippen LogP contribution in [0.25, 0.3) is 22.0 Å². The minimum Gasteiger partial charge on any atom is -0.481 e. The van der Waals surface area contributed by atoms with Crippen molar-refractivity contribution in [2.45, 2.75) is 6.42 Å². The lowest BCUT2D eigenvalue weighted by Crippen LogP contribution is -1.99. The summed E-state index contributed by atoms with van der Waals surface area (Å²) in [6.45, 7) is 0. The number of aliphatic carboxylic acids is 1. The minimum atomic E-state index is -0.824. The molecule has 0 saturated heterocycles. The first kappa shape index (κ1) is 11.5. The molecule has 3 nitrogen and oxygen atoms in total. The Morgan fingerprint density at radius 2 is 1.79 bits per heavy atom. The zero-order valence-electron chi connectivity index (χ0n) is 10.3. The maximum atomic E-state index is 10.7. The molecule has 3 heteroatoms. The van der Waals surface area contributed by atoms with Crippen LogP contribution in [0.15, 0.2) is 54.6 Å². The van der Waals surface area contributed by atoms with Crippen LogP contribution >= 0.6 is 0 Å². The van der Waals surface area contributed by atoms with Crippen LogP contribution in [0, 0.1) is 0 Å². The molecule has 1 heterocycles. The van der Waals surface area contributed by atoms with Crippen molar-refractivity contribution in [3.63, 3.8) is 0 Å². The normalized spacial score (nSPS) is 10.7. The summed E-state index contributed by atoms with van der Waals surface area (Å²) < 4.78 is 0. The maximum Gasteiger partial charge on any atom is 0.309 e. The largest absolute Gasteiger partial charge is 0.481 e. The number of nitrogens with one attached hydrogen (secondary N) is 1. The number of fused-ring (bicyclic) bond motifs is 1.